The molecule has 2 amide bonds. The second kappa shape index (κ2) is 6.84. The minimum atomic E-state index is -0.431. The molecule has 0 unspecified atom stereocenters. The molecule has 0 aromatic heterocycles. The number of hydrogen-bond donors (Lipinski definition) is 0. The van der Waals surface area contributed by atoms with Gasteiger partial charge in [-0.05, 0) is 58.6 Å². The maximum Gasteiger partial charge on any atom is 0.262 e. The van der Waals surface area contributed by atoms with E-state index >= 15 is 0 Å². The molecule has 0 bridgehead atoms. The Kier molecular flexibility index (Phi) is 4.47. The highest BCUT2D eigenvalue weighted by atomic mass is 79.9. The Labute approximate surface area is 170 Å². The summed E-state index contributed by atoms with van der Waals surface area (Å²) in [5, 5.41) is 18.0. The van der Waals surface area contributed by atoms with Crippen LogP contribution in [0.2, 0.25) is 0 Å². The van der Waals surface area contributed by atoms with E-state index in [9.17, 15) is 14.9 Å². The van der Waals surface area contributed by atoms with Gasteiger partial charge in [0.15, 0.2) is 0 Å². The van der Waals surface area contributed by atoms with Gasteiger partial charge in [-0.25, -0.2) is 0 Å². The van der Waals surface area contributed by atoms with E-state index in [0.29, 0.717) is 10.2 Å². The fourth-order valence-electron chi connectivity index (χ4n) is 3.58. The van der Waals surface area contributed by atoms with Gasteiger partial charge in [0.1, 0.15) is 11.8 Å². The van der Waals surface area contributed by atoms with E-state index in [1.165, 1.54) is 24.4 Å². The Morgan fingerprint density at radius 1 is 1.14 bits per heavy atom. The highest BCUT2D eigenvalue weighted by Crippen LogP contribution is 2.40. The van der Waals surface area contributed by atoms with Crippen molar-refractivity contribution in [1.82, 2.24) is 4.90 Å². The first-order valence-corrected chi connectivity index (χ1v) is 9.56. The summed E-state index contributed by atoms with van der Waals surface area (Å²) < 4.78 is 0.311. The first-order valence-electron chi connectivity index (χ1n) is 8.77. The molecule has 0 aliphatic carbocycles. The smallest absolute Gasteiger partial charge is 0.262 e. The lowest BCUT2D eigenvalue weighted by Crippen LogP contribution is -2.24. The second-order valence-corrected chi connectivity index (χ2v) is 7.62. The van der Waals surface area contributed by atoms with Crippen LogP contribution in [-0.2, 0) is 6.42 Å². The lowest BCUT2D eigenvalue weighted by atomic mass is 10.0. The van der Waals surface area contributed by atoms with Crippen molar-refractivity contribution in [2.45, 2.75) is 12.8 Å². The Bertz CT molecular complexity index is 1100. The third-order valence-electron chi connectivity index (χ3n) is 5.09. The summed E-state index contributed by atoms with van der Waals surface area (Å²) in [6.45, 7) is 1.03. The van der Waals surface area contributed by atoms with Gasteiger partial charge < -0.3 is 4.90 Å². The van der Waals surface area contributed by atoms with Crippen LogP contribution in [0.5, 0.6) is 0 Å². The normalized spacial score (nSPS) is 15.8. The Balaban J connectivity index is 1.76. The number of anilines is 1. The number of nitrogens with zero attached hydrogens (tertiary/aromatic N) is 5. The number of benzene rings is 2. The van der Waals surface area contributed by atoms with Gasteiger partial charge >= 0.3 is 0 Å². The minimum absolute atomic E-state index is 0.184. The van der Waals surface area contributed by atoms with Crippen molar-refractivity contribution in [3.8, 4) is 6.07 Å². The molecule has 0 N–H and O–H groups in total. The quantitative estimate of drug-likeness (QED) is 0.515. The predicted octanol–water partition coefficient (Wildman–Crippen LogP) is 4.34. The summed E-state index contributed by atoms with van der Waals surface area (Å²) in [4.78, 5) is 27.8. The van der Waals surface area contributed by atoms with Gasteiger partial charge in [-0.2, -0.15) is 10.4 Å². The van der Waals surface area contributed by atoms with Crippen molar-refractivity contribution in [2.75, 3.05) is 25.5 Å². The van der Waals surface area contributed by atoms with Crippen molar-refractivity contribution in [2.24, 2.45) is 10.2 Å². The summed E-state index contributed by atoms with van der Waals surface area (Å²) in [5.41, 5.74) is 3.91. The zero-order valence-electron chi connectivity index (χ0n) is 15.4. The molecular formula is C20H16BrN5O2. The average molecular weight is 438 g/mol. The molecule has 2 aromatic rings. The molecule has 140 valence electrons. The molecule has 7 nitrogen and oxygen atoms in total. The zero-order valence-corrected chi connectivity index (χ0v) is 16.9. The van der Waals surface area contributed by atoms with E-state index in [2.05, 4.69) is 38.1 Å². The van der Waals surface area contributed by atoms with E-state index in [1.807, 2.05) is 24.3 Å². The molecule has 4 rings (SSSR count). The van der Waals surface area contributed by atoms with Crippen molar-refractivity contribution < 1.29 is 9.59 Å². The van der Waals surface area contributed by atoms with Crippen molar-refractivity contribution >= 4 is 44.8 Å². The molecule has 2 aromatic carbocycles. The summed E-state index contributed by atoms with van der Waals surface area (Å²) >= 11 is 3.35. The predicted molar refractivity (Wildman–Crippen MR) is 107 cm³/mol. The number of amides is 2. The van der Waals surface area contributed by atoms with Crippen LogP contribution in [0, 0.1) is 11.3 Å². The lowest BCUT2D eigenvalue weighted by molar-refractivity contribution is 0.0693. The molecule has 0 fully saturated rings. The van der Waals surface area contributed by atoms with Gasteiger partial charge in [0.05, 0.1) is 26.9 Å². The molecule has 0 saturated carbocycles. The standard InChI is InChI=1S/C20H16BrN5O2/c1-25-7-3-4-11-8-13(5-6-15(11)25)23-24-18-12(10-22)9-14-16(17(18)21)20(28)26(2)19(14)27/h5-6,8-9H,3-4,7H2,1-2H3/b24-23+. The average Bonchev–Trinajstić information content (AvgIpc) is 2.91. The number of aryl methyl sites for hydroxylation is 1. The molecule has 2 aliphatic heterocycles. The summed E-state index contributed by atoms with van der Waals surface area (Å²) in [5.74, 6) is -0.857. The van der Waals surface area contributed by atoms with Crippen LogP contribution in [0.4, 0.5) is 17.1 Å². The third-order valence-corrected chi connectivity index (χ3v) is 5.87. The summed E-state index contributed by atoms with van der Waals surface area (Å²) in [6, 6.07) is 9.32. The number of fused-ring (bicyclic) bond motifs is 2. The number of carbonyl (C=O) groups excluding carboxylic acids is 2. The van der Waals surface area contributed by atoms with E-state index in [0.717, 1.165) is 24.3 Å². The van der Waals surface area contributed by atoms with Crippen LogP contribution in [0.15, 0.2) is 39.0 Å². The molecule has 28 heavy (non-hydrogen) atoms. The lowest BCUT2D eigenvalue weighted by Gasteiger charge is -2.27. The maximum absolute atomic E-state index is 12.4. The van der Waals surface area contributed by atoms with Crippen LogP contribution in [0.3, 0.4) is 0 Å². The van der Waals surface area contributed by atoms with Gasteiger partial charge in [0.25, 0.3) is 11.8 Å². The van der Waals surface area contributed by atoms with E-state index in [4.69, 9.17) is 0 Å². The van der Waals surface area contributed by atoms with Gasteiger partial charge in [-0.1, -0.05) is 0 Å². The molecule has 8 heteroatoms. The Morgan fingerprint density at radius 3 is 2.68 bits per heavy atom. The molecule has 2 heterocycles. The minimum Gasteiger partial charge on any atom is -0.374 e. The van der Waals surface area contributed by atoms with Crippen LogP contribution >= 0.6 is 15.9 Å². The maximum atomic E-state index is 12.4. The van der Waals surface area contributed by atoms with Crippen molar-refractivity contribution in [1.29, 1.82) is 5.26 Å². The Hall–Kier alpha value is -3.05. The topological polar surface area (TPSA) is 89.1 Å². The fourth-order valence-corrected chi connectivity index (χ4v) is 4.26. The van der Waals surface area contributed by atoms with Crippen LogP contribution in [0.25, 0.3) is 0 Å². The van der Waals surface area contributed by atoms with E-state index in [-0.39, 0.29) is 22.4 Å². The second-order valence-electron chi connectivity index (χ2n) is 6.83. The van der Waals surface area contributed by atoms with Crippen molar-refractivity contribution in [3.05, 3.63) is 51.0 Å². The van der Waals surface area contributed by atoms with E-state index in [1.54, 1.807) is 0 Å². The molecule has 0 spiro atoms. The fraction of sp³-hybridized carbons (Fsp3) is 0.250. The number of imide groups is 1. The summed E-state index contributed by atoms with van der Waals surface area (Å²) in [7, 11) is 3.48. The molecule has 2 aliphatic rings. The van der Waals surface area contributed by atoms with Crippen LogP contribution < -0.4 is 4.90 Å². The zero-order chi connectivity index (χ0) is 20.0. The highest BCUT2D eigenvalue weighted by molar-refractivity contribution is 9.10. The van der Waals surface area contributed by atoms with Crippen LogP contribution in [-0.4, -0.2) is 37.4 Å². The Morgan fingerprint density at radius 2 is 1.93 bits per heavy atom. The molecular weight excluding hydrogens is 422 g/mol. The first-order chi connectivity index (χ1) is 13.4. The number of rotatable bonds is 2. The summed E-state index contributed by atoms with van der Waals surface area (Å²) in [6.07, 6.45) is 2.07. The van der Waals surface area contributed by atoms with Gasteiger partial charge in [-0.15, -0.1) is 5.11 Å². The van der Waals surface area contributed by atoms with Gasteiger partial charge in [-0.3, -0.25) is 14.5 Å². The number of hydrogen-bond acceptors (Lipinski definition) is 6. The first kappa shape index (κ1) is 18.3. The molecule has 0 radical (unpaired) electrons. The van der Waals surface area contributed by atoms with Gasteiger partial charge in [0.2, 0.25) is 0 Å². The monoisotopic (exact) mass is 437 g/mol. The largest absolute Gasteiger partial charge is 0.374 e. The highest BCUT2D eigenvalue weighted by Gasteiger charge is 2.37. The third kappa shape index (κ3) is 2.79. The van der Waals surface area contributed by atoms with E-state index < -0.39 is 11.8 Å². The number of azo groups is 1. The SMILES string of the molecule is CN1C(=O)c2cc(C#N)c(/N=N/c3ccc4c(c3)CCCN4C)c(Br)c2C1=O. The van der Waals surface area contributed by atoms with Gasteiger partial charge in [0, 0.05) is 26.3 Å². The number of halogens is 1. The molecule has 0 saturated heterocycles. The van der Waals surface area contributed by atoms with Crippen molar-refractivity contribution in [3.63, 3.8) is 0 Å². The van der Waals surface area contributed by atoms with Crippen LogP contribution in [0.1, 0.15) is 38.3 Å². The number of nitriles is 1. The molecule has 0 atom stereocenters. The number of carbonyl (C=O) groups is 2.